The molecule has 2 heterocycles. The number of nitrogens with zero attached hydrogens (tertiary/aromatic N) is 4. The number of amides is 2. The number of nitrogens with one attached hydrogen (secondary N) is 2. The molecule has 3 rings (SSSR count). The molecule has 0 saturated carbocycles. The van der Waals surface area contributed by atoms with E-state index in [1.807, 2.05) is 13.8 Å². The molecule has 2 N–H and O–H groups in total. The minimum atomic E-state index is -0.586. The van der Waals surface area contributed by atoms with Gasteiger partial charge in [-0.05, 0) is 25.0 Å². The number of benzene rings is 1. The van der Waals surface area contributed by atoms with E-state index >= 15 is 0 Å². The maximum Gasteiger partial charge on any atom is 0.254 e. The normalized spacial score (nSPS) is 13.1. The van der Waals surface area contributed by atoms with E-state index < -0.39 is 23.0 Å². The van der Waals surface area contributed by atoms with E-state index in [2.05, 4.69) is 25.8 Å². The summed E-state index contributed by atoms with van der Waals surface area (Å²) in [4.78, 5) is 29.1. The summed E-state index contributed by atoms with van der Waals surface area (Å²) in [5.74, 6) is -0.809. The number of halogens is 1. The molecule has 0 fully saturated rings. The molecule has 164 valence electrons. The fraction of sp³-hybridized carbons (Fsp3) is 0.350. The highest BCUT2D eigenvalue weighted by molar-refractivity contribution is 8.00. The largest absolute Gasteiger partial charge is 0.342 e. The molecule has 0 bridgehead atoms. The zero-order valence-corrected chi connectivity index (χ0v) is 19.1. The third kappa shape index (κ3) is 5.47. The average Bonchev–Trinajstić information content (AvgIpc) is 3.36. The van der Waals surface area contributed by atoms with Gasteiger partial charge in [-0.25, -0.2) is 9.37 Å². The zero-order valence-electron chi connectivity index (χ0n) is 17.5. The molecule has 0 radical (unpaired) electrons. The molecular formula is C20H23FN6O2S2. The van der Waals surface area contributed by atoms with Gasteiger partial charge < -0.3 is 15.2 Å². The van der Waals surface area contributed by atoms with Crippen molar-refractivity contribution in [1.29, 1.82) is 0 Å². The lowest BCUT2D eigenvalue weighted by atomic mass is 10.0. The monoisotopic (exact) mass is 462 g/mol. The fourth-order valence-corrected chi connectivity index (χ4v) is 4.15. The number of rotatable bonds is 8. The van der Waals surface area contributed by atoms with Crippen molar-refractivity contribution in [3.8, 4) is 0 Å². The van der Waals surface area contributed by atoms with E-state index in [0.29, 0.717) is 16.1 Å². The Morgan fingerprint density at radius 2 is 1.94 bits per heavy atom. The molecule has 8 nitrogen and oxygen atoms in total. The van der Waals surface area contributed by atoms with Gasteiger partial charge in [0, 0.05) is 18.6 Å². The SMILES string of the molecule is CC(Sc1nnc(C(NC(=O)c2ccccc2F)C(C)C)n1C)C(=O)Nc1nccs1. The van der Waals surface area contributed by atoms with Gasteiger partial charge in [-0.2, -0.15) is 0 Å². The third-order valence-electron chi connectivity index (χ3n) is 4.53. The number of hydrogen-bond acceptors (Lipinski definition) is 7. The summed E-state index contributed by atoms with van der Waals surface area (Å²) in [5.41, 5.74) is -0.0302. The van der Waals surface area contributed by atoms with Gasteiger partial charge in [0.25, 0.3) is 5.91 Å². The zero-order chi connectivity index (χ0) is 22.5. The van der Waals surface area contributed by atoms with Crippen molar-refractivity contribution in [2.75, 3.05) is 5.32 Å². The van der Waals surface area contributed by atoms with E-state index in [1.54, 1.807) is 36.2 Å². The highest BCUT2D eigenvalue weighted by atomic mass is 32.2. The molecule has 0 aliphatic rings. The summed E-state index contributed by atoms with van der Waals surface area (Å²) in [6, 6.07) is 5.33. The lowest BCUT2D eigenvalue weighted by Gasteiger charge is -2.22. The van der Waals surface area contributed by atoms with Gasteiger partial charge in [0.15, 0.2) is 16.1 Å². The second-order valence-corrected chi connectivity index (χ2v) is 9.36. The Labute approximate surface area is 187 Å². The van der Waals surface area contributed by atoms with Crippen LogP contribution in [0.4, 0.5) is 9.52 Å². The van der Waals surface area contributed by atoms with E-state index in [4.69, 9.17) is 0 Å². The van der Waals surface area contributed by atoms with Gasteiger partial charge in [-0.1, -0.05) is 37.7 Å². The number of aromatic nitrogens is 4. The fourth-order valence-electron chi connectivity index (χ4n) is 2.80. The van der Waals surface area contributed by atoms with Gasteiger partial charge in [0.1, 0.15) is 5.82 Å². The number of thiazole rings is 1. The lowest BCUT2D eigenvalue weighted by Crippen LogP contribution is -2.34. The van der Waals surface area contributed by atoms with Crippen molar-refractivity contribution < 1.29 is 14.0 Å². The van der Waals surface area contributed by atoms with Gasteiger partial charge in [-0.3, -0.25) is 9.59 Å². The van der Waals surface area contributed by atoms with Crippen molar-refractivity contribution in [2.45, 2.75) is 37.2 Å². The molecule has 11 heteroatoms. The maximum absolute atomic E-state index is 14.0. The third-order valence-corrected chi connectivity index (χ3v) is 6.35. The predicted octanol–water partition coefficient (Wildman–Crippen LogP) is 3.66. The van der Waals surface area contributed by atoms with E-state index in [0.717, 1.165) is 0 Å². The molecule has 2 amide bonds. The Hall–Kier alpha value is -2.79. The quantitative estimate of drug-likeness (QED) is 0.496. The summed E-state index contributed by atoms with van der Waals surface area (Å²) < 4.78 is 15.7. The molecule has 2 aromatic heterocycles. The van der Waals surface area contributed by atoms with Gasteiger partial charge in [0.05, 0.1) is 16.9 Å². The Morgan fingerprint density at radius 1 is 1.19 bits per heavy atom. The first-order valence-corrected chi connectivity index (χ1v) is 11.4. The average molecular weight is 463 g/mol. The van der Waals surface area contributed by atoms with Gasteiger partial charge in [-0.15, -0.1) is 21.5 Å². The van der Waals surface area contributed by atoms with E-state index in [9.17, 15) is 14.0 Å². The topological polar surface area (TPSA) is 102 Å². The molecule has 2 atom stereocenters. The first-order valence-electron chi connectivity index (χ1n) is 9.59. The van der Waals surface area contributed by atoms with E-state index in [-0.39, 0.29) is 17.4 Å². The summed E-state index contributed by atoms with van der Waals surface area (Å²) in [5, 5.41) is 16.4. The van der Waals surface area contributed by atoms with Crippen LogP contribution in [0.2, 0.25) is 0 Å². The second kappa shape index (κ2) is 10.0. The number of carbonyl (C=O) groups is 2. The van der Waals surface area contributed by atoms with Crippen LogP contribution in [0.25, 0.3) is 0 Å². The molecule has 3 aromatic rings. The van der Waals surface area contributed by atoms with Gasteiger partial charge >= 0.3 is 0 Å². The molecule has 31 heavy (non-hydrogen) atoms. The first kappa shape index (κ1) is 22.9. The summed E-state index contributed by atoms with van der Waals surface area (Å²) in [6.07, 6.45) is 1.62. The predicted molar refractivity (Wildman–Crippen MR) is 119 cm³/mol. The minimum absolute atomic E-state index is 0.0258. The van der Waals surface area contributed by atoms with Crippen LogP contribution in [-0.2, 0) is 11.8 Å². The molecule has 2 unspecified atom stereocenters. The van der Waals surface area contributed by atoms with Crippen LogP contribution in [0, 0.1) is 11.7 Å². The second-order valence-electron chi connectivity index (χ2n) is 7.16. The number of carbonyl (C=O) groups excluding carboxylic acids is 2. The van der Waals surface area contributed by atoms with Crippen LogP contribution in [0.15, 0.2) is 41.0 Å². The molecule has 0 spiro atoms. The molecule has 1 aromatic carbocycles. The number of anilines is 1. The van der Waals surface area contributed by atoms with Gasteiger partial charge in [0.2, 0.25) is 5.91 Å². The summed E-state index contributed by atoms with van der Waals surface area (Å²) in [6.45, 7) is 5.62. The van der Waals surface area contributed by atoms with Crippen molar-refractivity contribution in [3.05, 3.63) is 53.0 Å². The van der Waals surface area contributed by atoms with Crippen LogP contribution >= 0.6 is 23.1 Å². The maximum atomic E-state index is 14.0. The highest BCUT2D eigenvalue weighted by Gasteiger charge is 2.27. The van der Waals surface area contributed by atoms with Crippen LogP contribution < -0.4 is 10.6 Å². The van der Waals surface area contributed by atoms with Crippen molar-refractivity contribution in [2.24, 2.45) is 13.0 Å². The standard InChI is InChI=1S/C20H23FN6O2S2/c1-11(2)15(23-18(29)13-7-5-6-8-14(13)21)16-25-26-20(27(16)4)31-12(3)17(28)24-19-22-9-10-30-19/h5-12,15H,1-4H3,(H,23,29)(H,22,24,28). The van der Waals surface area contributed by atoms with E-state index in [1.165, 1.54) is 41.3 Å². The van der Waals surface area contributed by atoms with Crippen LogP contribution in [-0.4, -0.2) is 36.8 Å². The van der Waals surface area contributed by atoms with Crippen LogP contribution in [0.5, 0.6) is 0 Å². The first-order chi connectivity index (χ1) is 14.8. The molecular weight excluding hydrogens is 439 g/mol. The van der Waals surface area contributed by atoms with Crippen molar-refractivity contribution >= 4 is 40.0 Å². The summed E-state index contributed by atoms with van der Waals surface area (Å²) in [7, 11) is 1.77. The molecule has 0 aliphatic carbocycles. The Bertz CT molecular complexity index is 1050. The molecule has 0 aliphatic heterocycles. The lowest BCUT2D eigenvalue weighted by molar-refractivity contribution is -0.115. The number of thioether (sulfide) groups is 1. The van der Waals surface area contributed by atoms with Crippen LogP contribution in [0.3, 0.4) is 0 Å². The minimum Gasteiger partial charge on any atom is -0.342 e. The van der Waals surface area contributed by atoms with Crippen LogP contribution in [0.1, 0.15) is 43.0 Å². The Morgan fingerprint density at radius 3 is 2.58 bits per heavy atom. The van der Waals surface area contributed by atoms with Crippen molar-refractivity contribution in [1.82, 2.24) is 25.1 Å². The highest BCUT2D eigenvalue weighted by Crippen LogP contribution is 2.27. The Balaban J connectivity index is 1.73. The smallest absolute Gasteiger partial charge is 0.254 e. The Kier molecular flexibility index (Phi) is 7.39. The number of hydrogen-bond donors (Lipinski definition) is 2. The molecule has 0 saturated heterocycles. The van der Waals surface area contributed by atoms with Crippen molar-refractivity contribution in [3.63, 3.8) is 0 Å². The summed E-state index contributed by atoms with van der Waals surface area (Å²) >= 11 is 2.59.